The Morgan fingerprint density at radius 1 is 0.395 bits per heavy atom. The molecule has 6 N–H and O–H groups in total. The van der Waals surface area contributed by atoms with E-state index in [-0.39, 0.29) is 38.9 Å². The Morgan fingerprint density at radius 3 is 0.855 bits per heavy atom. The number of carbonyl (C=O) groups is 4. The zero-order chi connectivity index (χ0) is 55.7. The van der Waals surface area contributed by atoms with Gasteiger partial charge in [-0.1, -0.05) is 233 Å². The minimum Gasteiger partial charge on any atom is -0.464 e. The summed E-state index contributed by atoms with van der Waals surface area (Å²) in [5, 5.41) is 49.3. The maximum atomic E-state index is 13.1. The number of aliphatic hydroxyl groups is 4. The van der Waals surface area contributed by atoms with Crippen molar-refractivity contribution in [2.24, 2.45) is 0 Å². The molecule has 14 nitrogen and oxygen atoms in total. The largest absolute Gasteiger partial charge is 0.464 e. The van der Waals surface area contributed by atoms with Gasteiger partial charge in [-0.25, -0.2) is 0 Å². The van der Waals surface area contributed by atoms with Crippen molar-refractivity contribution in [2.75, 3.05) is 52.5 Å². The molecule has 0 spiro atoms. The van der Waals surface area contributed by atoms with Gasteiger partial charge in [-0.3, -0.25) is 29.0 Å². The van der Waals surface area contributed by atoms with Crippen molar-refractivity contribution < 1.29 is 49.1 Å². The zero-order valence-electron chi connectivity index (χ0n) is 49.5. The van der Waals surface area contributed by atoms with Crippen LogP contribution in [0.4, 0.5) is 0 Å². The summed E-state index contributed by atoms with van der Waals surface area (Å²) in [5.74, 6) is -1.86. The Balaban J connectivity index is 2.57. The first-order chi connectivity index (χ1) is 36.9. The van der Waals surface area contributed by atoms with Gasteiger partial charge in [0.15, 0.2) is 0 Å². The van der Waals surface area contributed by atoms with Crippen molar-refractivity contribution in [3.05, 3.63) is 0 Å². The standard InChI is InChI=1S/C62H120N4O10/c1-5-9-13-17-21-25-29-33-37-53(67)49-65(50-54(68)38-34-30-26-22-18-14-10-6-2)45-47-75-59(71)43-41-57-61(73)64-58(62(74)63-57)42-44-60(72)76-48-46-66(51-55(69)39-35-31-27-23-19-15-11-7-3)52-56(70)40-36-32-28-24-20-16-12-8-4/h53-58,67-70H,5-52H2,1-4H3,(H,63,74)(H,64,73). The van der Waals surface area contributed by atoms with Crippen LogP contribution in [0, 0.1) is 0 Å². The summed E-state index contributed by atoms with van der Waals surface area (Å²) in [7, 11) is 0. The first kappa shape index (κ1) is 71.7. The van der Waals surface area contributed by atoms with Crippen LogP contribution in [0.25, 0.3) is 0 Å². The third-order valence-electron chi connectivity index (χ3n) is 15.3. The molecule has 0 bridgehead atoms. The predicted octanol–water partition coefficient (Wildman–Crippen LogP) is 11.8. The molecule has 0 saturated carbocycles. The summed E-state index contributed by atoms with van der Waals surface area (Å²) in [5.41, 5.74) is 0. The summed E-state index contributed by atoms with van der Waals surface area (Å²) in [6.45, 7) is 11.4. The Bertz CT molecular complexity index is 1220. The summed E-state index contributed by atoms with van der Waals surface area (Å²) in [4.78, 5) is 55.9. The second-order valence-corrected chi connectivity index (χ2v) is 22.8. The number of unbranched alkanes of at least 4 members (excludes halogenated alkanes) is 28. The highest BCUT2D eigenvalue weighted by Crippen LogP contribution is 2.17. The SMILES string of the molecule is CCCCCCCCCCC(O)CN(CCOC(=O)CCC1NC(=O)C(CCC(=O)OCCN(CC(O)CCCCCCCCCC)CC(O)CCCCCCCCCC)NC1=O)CC(O)CCCCCCCCCC. The number of amides is 2. The minimum absolute atomic E-state index is 0.0572. The lowest BCUT2D eigenvalue weighted by Crippen LogP contribution is -2.61. The second kappa shape index (κ2) is 50.8. The van der Waals surface area contributed by atoms with E-state index in [0.29, 0.717) is 65.0 Å². The number of rotatable bonds is 56. The third kappa shape index (κ3) is 42.6. The predicted molar refractivity (Wildman–Crippen MR) is 310 cm³/mol. The molecule has 1 heterocycles. The van der Waals surface area contributed by atoms with Crippen molar-refractivity contribution in [3.8, 4) is 0 Å². The van der Waals surface area contributed by atoms with Gasteiger partial charge in [-0.05, 0) is 38.5 Å². The van der Waals surface area contributed by atoms with Gasteiger partial charge in [-0.15, -0.1) is 0 Å². The Labute approximate surface area is 465 Å². The molecule has 0 aromatic rings. The molecule has 0 aliphatic carbocycles. The molecule has 0 aromatic heterocycles. The van der Waals surface area contributed by atoms with Crippen LogP contribution in [0.3, 0.4) is 0 Å². The Kier molecular flexibility index (Phi) is 47.9. The number of aliphatic hydroxyl groups excluding tert-OH is 4. The number of piperazine rings is 1. The Morgan fingerprint density at radius 2 is 0.618 bits per heavy atom. The van der Waals surface area contributed by atoms with Crippen LogP contribution in [0.5, 0.6) is 0 Å². The van der Waals surface area contributed by atoms with Gasteiger partial charge in [-0.2, -0.15) is 0 Å². The number of hydrogen-bond donors (Lipinski definition) is 6. The van der Waals surface area contributed by atoms with Gasteiger partial charge >= 0.3 is 11.9 Å². The molecular weight excluding hydrogens is 961 g/mol. The molecule has 6 unspecified atom stereocenters. The number of nitrogens with one attached hydrogen (secondary N) is 2. The second-order valence-electron chi connectivity index (χ2n) is 22.8. The van der Waals surface area contributed by atoms with Crippen molar-refractivity contribution in [2.45, 2.75) is 321 Å². The van der Waals surface area contributed by atoms with Crippen molar-refractivity contribution in [3.63, 3.8) is 0 Å². The number of carbonyl (C=O) groups excluding carboxylic acids is 4. The summed E-state index contributed by atoms with van der Waals surface area (Å²) >= 11 is 0. The van der Waals surface area contributed by atoms with Crippen LogP contribution < -0.4 is 10.6 Å². The molecule has 1 aliphatic rings. The quantitative estimate of drug-likeness (QED) is 0.0249. The molecule has 1 saturated heterocycles. The molecule has 0 radical (unpaired) electrons. The van der Waals surface area contributed by atoms with Crippen LogP contribution in [-0.4, -0.2) is 143 Å². The van der Waals surface area contributed by atoms with Crippen LogP contribution in [0.15, 0.2) is 0 Å². The van der Waals surface area contributed by atoms with Crippen LogP contribution in [-0.2, 0) is 28.7 Å². The van der Waals surface area contributed by atoms with Crippen LogP contribution in [0.2, 0.25) is 0 Å². The van der Waals surface area contributed by atoms with E-state index in [0.717, 1.165) is 51.4 Å². The molecule has 0 aromatic carbocycles. The van der Waals surface area contributed by atoms with Crippen LogP contribution >= 0.6 is 0 Å². The van der Waals surface area contributed by atoms with Crippen molar-refractivity contribution in [1.82, 2.24) is 20.4 Å². The van der Waals surface area contributed by atoms with Crippen LogP contribution in [0.1, 0.15) is 285 Å². The topological polar surface area (TPSA) is 198 Å². The van der Waals surface area contributed by atoms with E-state index in [2.05, 4.69) is 38.3 Å². The maximum absolute atomic E-state index is 13.1. The van der Waals surface area contributed by atoms with E-state index < -0.39 is 60.3 Å². The fourth-order valence-electron chi connectivity index (χ4n) is 10.5. The van der Waals surface area contributed by atoms with E-state index in [1.807, 2.05) is 9.80 Å². The van der Waals surface area contributed by atoms with Gasteiger partial charge in [0.25, 0.3) is 0 Å². The van der Waals surface area contributed by atoms with E-state index in [1.54, 1.807) is 0 Å². The highest BCUT2D eigenvalue weighted by atomic mass is 16.5. The average molecular weight is 1080 g/mol. The van der Waals surface area contributed by atoms with E-state index in [4.69, 9.17) is 9.47 Å². The molecule has 448 valence electrons. The molecule has 1 rings (SSSR count). The maximum Gasteiger partial charge on any atom is 0.305 e. The highest BCUT2D eigenvalue weighted by molar-refractivity contribution is 5.97. The first-order valence-electron chi connectivity index (χ1n) is 32.0. The Hall–Kier alpha value is -2.36. The molecular formula is C62H120N4O10. The zero-order valence-corrected chi connectivity index (χ0v) is 49.5. The fraction of sp³-hybridized carbons (Fsp3) is 0.935. The molecule has 76 heavy (non-hydrogen) atoms. The van der Waals surface area contributed by atoms with Gasteiger partial charge in [0.1, 0.15) is 25.3 Å². The smallest absolute Gasteiger partial charge is 0.305 e. The fourth-order valence-corrected chi connectivity index (χ4v) is 10.5. The first-order valence-corrected chi connectivity index (χ1v) is 32.0. The molecule has 1 aliphatic heterocycles. The normalized spacial score (nSPS) is 16.4. The summed E-state index contributed by atoms with van der Waals surface area (Å²) < 4.78 is 11.1. The van der Waals surface area contributed by atoms with Gasteiger partial charge in [0.05, 0.1) is 24.4 Å². The highest BCUT2D eigenvalue weighted by Gasteiger charge is 2.34. The number of nitrogens with zero attached hydrogens (tertiary/aromatic N) is 2. The lowest BCUT2D eigenvalue weighted by molar-refractivity contribution is -0.147. The molecule has 14 heteroatoms. The lowest BCUT2D eigenvalue weighted by Gasteiger charge is -2.29. The van der Waals surface area contributed by atoms with Gasteiger partial charge in [0.2, 0.25) is 11.8 Å². The van der Waals surface area contributed by atoms with E-state index in [9.17, 15) is 39.6 Å². The molecule has 6 atom stereocenters. The average Bonchev–Trinajstić information content (AvgIpc) is 3.39. The third-order valence-corrected chi connectivity index (χ3v) is 15.3. The molecule has 2 amide bonds. The number of esters is 2. The van der Waals surface area contributed by atoms with E-state index >= 15 is 0 Å². The van der Waals surface area contributed by atoms with Crippen molar-refractivity contribution >= 4 is 23.8 Å². The minimum atomic E-state index is -0.916. The number of hydrogen-bond acceptors (Lipinski definition) is 12. The summed E-state index contributed by atoms with van der Waals surface area (Å²) in [6.07, 6.45) is 38.7. The van der Waals surface area contributed by atoms with Gasteiger partial charge in [0, 0.05) is 52.1 Å². The number of ether oxygens (including phenoxy) is 2. The van der Waals surface area contributed by atoms with E-state index in [1.165, 1.54) is 154 Å². The van der Waals surface area contributed by atoms with Crippen molar-refractivity contribution in [1.29, 1.82) is 0 Å². The monoisotopic (exact) mass is 1080 g/mol. The lowest BCUT2D eigenvalue weighted by atomic mass is 10.0. The van der Waals surface area contributed by atoms with Gasteiger partial charge < -0.3 is 40.5 Å². The molecule has 1 fully saturated rings. The summed E-state index contributed by atoms with van der Waals surface area (Å²) in [6, 6.07) is -1.83.